The van der Waals surface area contributed by atoms with Crippen molar-refractivity contribution < 1.29 is 9.90 Å². The third-order valence-corrected chi connectivity index (χ3v) is 3.94. The lowest BCUT2D eigenvalue weighted by atomic mass is 10.1. The van der Waals surface area contributed by atoms with Crippen LogP contribution in [-0.4, -0.2) is 16.0 Å². The molecule has 0 spiro atoms. The average molecular weight is 359 g/mol. The predicted molar refractivity (Wildman–Crippen MR) is 88.3 cm³/mol. The molecule has 3 rings (SSSR count). The van der Waals surface area contributed by atoms with E-state index in [9.17, 15) is 14.7 Å². The van der Waals surface area contributed by atoms with Gasteiger partial charge in [0.15, 0.2) is 11.4 Å². The van der Waals surface area contributed by atoms with E-state index in [1.807, 2.05) is 0 Å². The molecule has 110 valence electrons. The summed E-state index contributed by atoms with van der Waals surface area (Å²) < 4.78 is 0.601. The largest absolute Gasteiger partial charge is 0.505 e. The highest BCUT2D eigenvalue weighted by molar-refractivity contribution is 9.10. The van der Waals surface area contributed by atoms with E-state index in [1.165, 1.54) is 0 Å². The molecule has 0 atom stereocenters. The fourth-order valence-electron chi connectivity index (χ4n) is 2.17. The number of para-hydroxylation sites is 1. The van der Waals surface area contributed by atoms with Gasteiger partial charge in [-0.3, -0.25) is 9.59 Å². The average Bonchev–Trinajstić information content (AvgIpc) is 2.51. The molecule has 6 heteroatoms. The number of halogens is 1. The Kier molecular flexibility index (Phi) is 3.68. The van der Waals surface area contributed by atoms with Crippen molar-refractivity contribution >= 4 is 38.4 Å². The molecule has 0 aliphatic rings. The standard InChI is InChI=1S/C16H11BrN2O3/c17-11-7-3-1-5-9(11)15(21)19-13-14(20)10-6-2-4-8-12(10)18-16(13)22/h1-8H,(H,19,21)(H2,18,20,22). The van der Waals surface area contributed by atoms with Crippen molar-refractivity contribution in [3.05, 3.63) is 68.9 Å². The molecule has 0 aliphatic carbocycles. The number of benzene rings is 2. The number of H-pyrrole nitrogens is 1. The number of amides is 1. The minimum atomic E-state index is -0.559. The number of aromatic nitrogens is 1. The maximum absolute atomic E-state index is 12.3. The Morgan fingerprint density at radius 1 is 1.09 bits per heavy atom. The quantitative estimate of drug-likeness (QED) is 0.657. The van der Waals surface area contributed by atoms with Crippen molar-refractivity contribution in [3.8, 4) is 5.75 Å². The molecule has 0 aliphatic heterocycles. The fourth-order valence-corrected chi connectivity index (χ4v) is 2.63. The molecular weight excluding hydrogens is 348 g/mol. The topological polar surface area (TPSA) is 82.2 Å². The van der Waals surface area contributed by atoms with Crippen LogP contribution in [-0.2, 0) is 0 Å². The van der Waals surface area contributed by atoms with Gasteiger partial charge in [0, 0.05) is 9.86 Å². The SMILES string of the molecule is O=C(Nc1c(O)c2ccccc2[nH]c1=O)c1ccccc1Br. The second kappa shape index (κ2) is 5.65. The summed E-state index contributed by atoms with van der Waals surface area (Å²) in [6, 6.07) is 13.7. The highest BCUT2D eigenvalue weighted by Crippen LogP contribution is 2.28. The van der Waals surface area contributed by atoms with Crippen LogP contribution in [0.15, 0.2) is 57.8 Å². The van der Waals surface area contributed by atoms with E-state index >= 15 is 0 Å². The minimum Gasteiger partial charge on any atom is -0.505 e. The summed E-state index contributed by atoms with van der Waals surface area (Å²) in [5.41, 5.74) is 0.148. The van der Waals surface area contributed by atoms with Crippen molar-refractivity contribution in [2.75, 3.05) is 5.32 Å². The maximum atomic E-state index is 12.3. The summed E-state index contributed by atoms with van der Waals surface area (Å²) in [5.74, 6) is -0.733. The van der Waals surface area contributed by atoms with E-state index in [0.717, 1.165) is 0 Å². The smallest absolute Gasteiger partial charge is 0.276 e. The van der Waals surface area contributed by atoms with Gasteiger partial charge in [-0.15, -0.1) is 0 Å². The Bertz CT molecular complexity index is 934. The number of rotatable bonds is 2. The van der Waals surface area contributed by atoms with Gasteiger partial charge in [-0.2, -0.15) is 0 Å². The lowest BCUT2D eigenvalue weighted by Gasteiger charge is -2.09. The number of aromatic amines is 1. The Morgan fingerprint density at radius 3 is 2.55 bits per heavy atom. The summed E-state index contributed by atoms with van der Waals surface area (Å²) in [4.78, 5) is 27.0. The number of pyridine rings is 1. The van der Waals surface area contributed by atoms with Gasteiger partial charge in [-0.1, -0.05) is 24.3 Å². The van der Waals surface area contributed by atoms with Crippen LogP contribution < -0.4 is 10.9 Å². The number of hydrogen-bond donors (Lipinski definition) is 3. The Morgan fingerprint density at radius 2 is 1.77 bits per heavy atom. The van der Waals surface area contributed by atoms with Gasteiger partial charge in [0.1, 0.15) is 0 Å². The van der Waals surface area contributed by atoms with Crippen molar-refractivity contribution in [3.63, 3.8) is 0 Å². The molecule has 1 aromatic heterocycles. The monoisotopic (exact) mass is 358 g/mol. The summed E-state index contributed by atoms with van der Waals surface area (Å²) >= 11 is 3.28. The number of fused-ring (bicyclic) bond motifs is 1. The van der Waals surface area contributed by atoms with Gasteiger partial charge in [0.05, 0.1) is 11.1 Å². The van der Waals surface area contributed by atoms with Crippen LogP contribution in [0.1, 0.15) is 10.4 Å². The van der Waals surface area contributed by atoms with Crippen LogP contribution in [0.4, 0.5) is 5.69 Å². The lowest BCUT2D eigenvalue weighted by molar-refractivity contribution is 0.102. The highest BCUT2D eigenvalue weighted by Gasteiger charge is 2.16. The van der Waals surface area contributed by atoms with Crippen molar-refractivity contribution in [1.82, 2.24) is 4.98 Å². The first-order valence-electron chi connectivity index (χ1n) is 6.48. The lowest BCUT2D eigenvalue weighted by Crippen LogP contribution is -2.20. The number of carbonyl (C=O) groups excluding carboxylic acids is 1. The van der Waals surface area contributed by atoms with Crippen LogP contribution in [0.5, 0.6) is 5.75 Å². The molecule has 0 unspecified atom stereocenters. The van der Waals surface area contributed by atoms with E-state index in [0.29, 0.717) is 20.9 Å². The first kappa shape index (κ1) is 14.3. The number of aromatic hydroxyl groups is 1. The van der Waals surface area contributed by atoms with Crippen LogP contribution in [0, 0.1) is 0 Å². The van der Waals surface area contributed by atoms with Crippen molar-refractivity contribution in [2.24, 2.45) is 0 Å². The van der Waals surface area contributed by atoms with Crippen molar-refractivity contribution in [1.29, 1.82) is 0 Å². The zero-order valence-electron chi connectivity index (χ0n) is 11.3. The van der Waals surface area contributed by atoms with Crippen molar-refractivity contribution in [2.45, 2.75) is 0 Å². The van der Waals surface area contributed by atoms with E-state index in [1.54, 1.807) is 48.5 Å². The Balaban J connectivity index is 2.06. The van der Waals surface area contributed by atoms with Crippen LogP contribution >= 0.6 is 15.9 Å². The van der Waals surface area contributed by atoms with Gasteiger partial charge in [-0.25, -0.2) is 0 Å². The third kappa shape index (κ3) is 2.48. The highest BCUT2D eigenvalue weighted by atomic mass is 79.9. The molecule has 0 bridgehead atoms. The fraction of sp³-hybridized carbons (Fsp3) is 0. The predicted octanol–water partition coefficient (Wildman–Crippen LogP) is 3.25. The summed E-state index contributed by atoms with van der Waals surface area (Å²) in [7, 11) is 0. The van der Waals surface area contributed by atoms with Crippen LogP contribution in [0.25, 0.3) is 10.9 Å². The normalized spacial score (nSPS) is 10.6. The summed E-state index contributed by atoms with van der Waals surface area (Å²) in [6.07, 6.45) is 0. The molecule has 0 radical (unpaired) electrons. The Hall–Kier alpha value is -2.60. The zero-order chi connectivity index (χ0) is 15.7. The minimum absolute atomic E-state index is 0.167. The van der Waals surface area contributed by atoms with Crippen LogP contribution in [0.3, 0.4) is 0 Å². The van der Waals surface area contributed by atoms with Gasteiger partial charge < -0.3 is 15.4 Å². The first-order chi connectivity index (χ1) is 10.6. The molecule has 0 fully saturated rings. The molecule has 2 aromatic carbocycles. The molecule has 0 saturated carbocycles. The van der Waals surface area contributed by atoms with E-state index in [2.05, 4.69) is 26.2 Å². The number of hydrogen-bond acceptors (Lipinski definition) is 3. The maximum Gasteiger partial charge on any atom is 0.276 e. The molecule has 22 heavy (non-hydrogen) atoms. The van der Waals surface area contributed by atoms with Gasteiger partial charge in [0.2, 0.25) is 0 Å². The second-order valence-electron chi connectivity index (χ2n) is 4.66. The summed E-state index contributed by atoms with van der Waals surface area (Å²) in [6.45, 7) is 0. The zero-order valence-corrected chi connectivity index (χ0v) is 12.8. The molecule has 3 aromatic rings. The number of anilines is 1. The first-order valence-corrected chi connectivity index (χ1v) is 7.27. The van der Waals surface area contributed by atoms with E-state index in [-0.39, 0.29) is 11.4 Å². The molecule has 0 saturated heterocycles. The second-order valence-corrected chi connectivity index (χ2v) is 5.51. The molecular formula is C16H11BrN2O3. The molecule has 1 heterocycles. The summed E-state index contributed by atoms with van der Waals surface area (Å²) in [5, 5.41) is 13.2. The number of carbonyl (C=O) groups is 1. The molecule has 5 nitrogen and oxygen atoms in total. The number of nitrogens with one attached hydrogen (secondary N) is 2. The Labute approximate surface area is 133 Å². The van der Waals surface area contributed by atoms with E-state index in [4.69, 9.17) is 0 Å². The van der Waals surface area contributed by atoms with Gasteiger partial charge >= 0.3 is 0 Å². The van der Waals surface area contributed by atoms with Gasteiger partial charge in [0.25, 0.3) is 11.5 Å². The van der Waals surface area contributed by atoms with Gasteiger partial charge in [-0.05, 0) is 40.2 Å². The molecule has 1 amide bonds. The molecule has 3 N–H and O–H groups in total. The van der Waals surface area contributed by atoms with Crippen LogP contribution in [0.2, 0.25) is 0 Å². The third-order valence-electron chi connectivity index (χ3n) is 3.25. The van der Waals surface area contributed by atoms with E-state index < -0.39 is 11.5 Å².